The molecule has 0 saturated carbocycles. The van der Waals surface area contributed by atoms with Gasteiger partial charge in [-0.25, -0.2) is 0 Å². The lowest BCUT2D eigenvalue weighted by atomic mass is 10.1. The van der Waals surface area contributed by atoms with Crippen LogP contribution in [0.4, 0.5) is 0 Å². The predicted molar refractivity (Wildman–Crippen MR) is 94.6 cm³/mol. The zero-order chi connectivity index (χ0) is 14.9. The van der Waals surface area contributed by atoms with Crippen LogP contribution < -0.4 is 0 Å². The Labute approximate surface area is 139 Å². The van der Waals surface area contributed by atoms with Crippen molar-refractivity contribution < 1.29 is 0 Å². The summed E-state index contributed by atoms with van der Waals surface area (Å²) in [4.78, 5) is 8.14. The van der Waals surface area contributed by atoms with Gasteiger partial charge >= 0.3 is 0 Å². The van der Waals surface area contributed by atoms with Gasteiger partial charge in [0.2, 0.25) is 0 Å². The third-order valence-corrected chi connectivity index (χ3v) is 5.84. The first-order valence-electron chi connectivity index (χ1n) is 7.65. The molecule has 1 aromatic carbocycles. The number of likely N-dealkylation sites (tertiary alicyclic amines) is 1. The minimum absolute atomic E-state index is 0.784. The number of halogens is 1. The molecule has 0 amide bonds. The minimum Gasteiger partial charge on any atom is -0.299 e. The summed E-state index contributed by atoms with van der Waals surface area (Å²) in [6, 6.07) is 12.9. The maximum Gasteiger partial charge on any atom is 0.0831 e. The Kier molecular flexibility index (Phi) is 3.87. The van der Waals surface area contributed by atoms with E-state index >= 15 is 0 Å². The second kappa shape index (κ2) is 5.99. The second-order valence-corrected chi connectivity index (χ2v) is 7.26. The summed E-state index contributed by atoms with van der Waals surface area (Å²) in [5, 5.41) is 0.784. The summed E-state index contributed by atoms with van der Waals surface area (Å²) in [7, 11) is 0. The fourth-order valence-corrected chi connectivity index (χ4v) is 4.32. The smallest absolute Gasteiger partial charge is 0.0831 e. The summed E-state index contributed by atoms with van der Waals surface area (Å²) < 4.78 is 1.07. The van der Waals surface area contributed by atoms with Gasteiger partial charge in [0.25, 0.3) is 0 Å². The van der Waals surface area contributed by atoms with Gasteiger partial charge in [-0.2, -0.15) is 0 Å². The first-order valence-corrected chi connectivity index (χ1v) is 8.85. The van der Waals surface area contributed by atoms with Crippen LogP contribution >= 0.6 is 22.9 Å². The first-order chi connectivity index (χ1) is 10.8. The van der Waals surface area contributed by atoms with Crippen molar-refractivity contribution in [2.75, 3.05) is 13.1 Å². The maximum absolute atomic E-state index is 6.24. The lowest BCUT2D eigenvalue weighted by Crippen LogP contribution is -2.18. The molecule has 0 aliphatic carbocycles. The average molecular weight is 329 g/mol. The molecule has 2 aromatic heterocycles. The Bertz CT molecular complexity index is 788. The van der Waals surface area contributed by atoms with Crippen LogP contribution in [-0.2, 0) is 6.54 Å². The minimum atomic E-state index is 0.784. The van der Waals surface area contributed by atoms with E-state index in [-0.39, 0.29) is 0 Å². The van der Waals surface area contributed by atoms with Crippen LogP contribution in [0.25, 0.3) is 20.7 Å². The van der Waals surface area contributed by atoms with Crippen LogP contribution in [0.2, 0.25) is 5.02 Å². The van der Waals surface area contributed by atoms with E-state index in [0.29, 0.717) is 0 Å². The van der Waals surface area contributed by atoms with E-state index in [0.717, 1.165) is 21.8 Å². The van der Waals surface area contributed by atoms with E-state index < -0.39 is 0 Å². The number of aromatic nitrogens is 1. The third kappa shape index (κ3) is 2.76. The number of thiophene rings is 1. The van der Waals surface area contributed by atoms with Crippen molar-refractivity contribution in [2.45, 2.75) is 19.4 Å². The molecule has 1 aliphatic rings. The topological polar surface area (TPSA) is 16.1 Å². The molecule has 1 aliphatic heterocycles. The van der Waals surface area contributed by atoms with Crippen LogP contribution in [0.3, 0.4) is 0 Å². The molecule has 112 valence electrons. The molecular weight excluding hydrogens is 312 g/mol. The van der Waals surface area contributed by atoms with E-state index in [1.807, 2.05) is 6.07 Å². The largest absolute Gasteiger partial charge is 0.299 e. The summed E-state index contributed by atoms with van der Waals surface area (Å²) in [5.41, 5.74) is 3.61. The van der Waals surface area contributed by atoms with Crippen molar-refractivity contribution in [3.8, 4) is 10.4 Å². The average Bonchev–Trinajstić information content (AvgIpc) is 3.18. The third-order valence-electron chi connectivity index (χ3n) is 4.21. The van der Waals surface area contributed by atoms with Gasteiger partial charge in [0.1, 0.15) is 0 Å². The maximum atomic E-state index is 6.24. The summed E-state index contributed by atoms with van der Waals surface area (Å²) in [6.45, 7) is 3.55. The highest BCUT2D eigenvalue weighted by molar-refractivity contribution is 7.22. The zero-order valence-electron chi connectivity index (χ0n) is 12.3. The van der Waals surface area contributed by atoms with E-state index in [4.69, 9.17) is 11.6 Å². The first kappa shape index (κ1) is 14.2. The van der Waals surface area contributed by atoms with Crippen LogP contribution in [0.5, 0.6) is 0 Å². The van der Waals surface area contributed by atoms with Crippen LogP contribution in [0.1, 0.15) is 18.4 Å². The van der Waals surface area contributed by atoms with Crippen molar-refractivity contribution in [1.29, 1.82) is 0 Å². The number of pyridine rings is 1. The predicted octanol–water partition coefficient (Wildman–Crippen LogP) is 5.21. The number of fused-ring (bicyclic) bond motifs is 1. The van der Waals surface area contributed by atoms with E-state index in [2.05, 4.69) is 40.2 Å². The van der Waals surface area contributed by atoms with Crippen molar-refractivity contribution in [2.24, 2.45) is 0 Å². The lowest BCUT2D eigenvalue weighted by molar-refractivity contribution is 0.331. The Balaban J connectivity index is 1.59. The molecular formula is C18H17ClN2S. The molecule has 0 bridgehead atoms. The Morgan fingerprint density at radius 3 is 2.59 bits per heavy atom. The molecule has 4 rings (SSSR count). The fraction of sp³-hybridized carbons (Fsp3) is 0.278. The molecule has 0 spiro atoms. The quantitative estimate of drug-likeness (QED) is 0.656. The van der Waals surface area contributed by atoms with Gasteiger partial charge < -0.3 is 0 Å². The van der Waals surface area contributed by atoms with Crippen LogP contribution in [0, 0.1) is 0 Å². The molecule has 2 nitrogen and oxygen atoms in total. The molecule has 1 fully saturated rings. The molecule has 3 heterocycles. The van der Waals surface area contributed by atoms with Crippen molar-refractivity contribution in [1.82, 2.24) is 9.88 Å². The highest BCUT2D eigenvalue weighted by atomic mass is 35.5. The van der Waals surface area contributed by atoms with Crippen LogP contribution in [-0.4, -0.2) is 23.0 Å². The van der Waals surface area contributed by atoms with Crippen LogP contribution in [0.15, 0.2) is 42.6 Å². The number of hydrogen-bond donors (Lipinski definition) is 0. The van der Waals surface area contributed by atoms with Gasteiger partial charge in [-0.15, -0.1) is 11.3 Å². The van der Waals surface area contributed by atoms with E-state index in [1.165, 1.54) is 41.9 Å². The molecule has 0 atom stereocenters. The zero-order valence-corrected chi connectivity index (χ0v) is 13.8. The molecule has 1 saturated heterocycles. The molecule has 0 unspecified atom stereocenters. The van der Waals surface area contributed by atoms with Gasteiger partial charge in [0.05, 0.1) is 15.2 Å². The molecule has 0 N–H and O–H groups in total. The standard InChI is InChI=1S/C18H17ClN2S/c19-15-7-8-20-16-11-17(22-18(15)16)14-5-3-13(4-6-14)12-21-9-1-2-10-21/h3-8,11H,1-2,9-10,12H2. The summed E-state index contributed by atoms with van der Waals surface area (Å²) in [6.07, 6.45) is 4.45. The van der Waals surface area contributed by atoms with Crippen molar-refractivity contribution >= 4 is 33.2 Å². The van der Waals surface area contributed by atoms with Crippen molar-refractivity contribution in [3.05, 3.63) is 53.2 Å². The Morgan fingerprint density at radius 2 is 1.86 bits per heavy atom. The molecule has 0 radical (unpaired) electrons. The molecule has 3 aromatic rings. The summed E-state index contributed by atoms with van der Waals surface area (Å²) in [5.74, 6) is 0. The van der Waals surface area contributed by atoms with Gasteiger partial charge in [0.15, 0.2) is 0 Å². The number of hydrogen-bond acceptors (Lipinski definition) is 3. The number of benzene rings is 1. The van der Waals surface area contributed by atoms with E-state index in [1.54, 1.807) is 17.5 Å². The lowest BCUT2D eigenvalue weighted by Gasteiger charge is -2.14. The van der Waals surface area contributed by atoms with E-state index in [9.17, 15) is 0 Å². The number of nitrogens with zero attached hydrogens (tertiary/aromatic N) is 2. The number of rotatable bonds is 3. The van der Waals surface area contributed by atoms with Crippen molar-refractivity contribution in [3.63, 3.8) is 0 Å². The molecule has 22 heavy (non-hydrogen) atoms. The Morgan fingerprint density at radius 1 is 1.09 bits per heavy atom. The Hall–Kier alpha value is -1.42. The molecule has 4 heteroatoms. The highest BCUT2D eigenvalue weighted by Gasteiger charge is 2.12. The van der Waals surface area contributed by atoms with Gasteiger partial charge in [-0.05, 0) is 49.2 Å². The fourth-order valence-electron chi connectivity index (χ4n) is 3.02. The monoisotopic (exact) mass is 328 g/mol. The highest BCUT2D eigenvalue weighted by Crippen LogP contribution is 2.36. The van der Waals surface area contributed by atoms with Gasteiger partial charge in [-0.1, -0.05) is 35.9 Å². The normalized spacial score (nSPS) is 15.7. The van der Waals surface area contributed by atoms with Gasteiger partial charge in [-0.3, -0.25) is 9.88 Å². The summed E-state index contributed by atoms with van der Waals surface area (Å²) >= 11 is 7.95. The van der Waals surface area contributed by atoms with Gasteiger partial charge in [0, 0.05) is 17.6 Å². The SMILES string of the molecule is Clc1ccnc2cc(-c3ccc(CN4CCCC4)cc3)sc12. The second-order valence-electron chi connectivity index (χ2n) is 5.80.